The number of alkyl halides is 1. The number of oxazole rings is 1. The third kappa shape index (κ3) is 1.75. The summed E-state index contributed by atoms with van der Waals surface area (Å²) in [4.78, 5) is 11.9. The molecule has 0 aliphatic heterocycles. The maximum absolute atomic E-state index is 11.9. The van der Waals surface area contributed by atoms with Gasteiger partial charge in [-0.3, -0.25) is 4.57 Å². The first-order valence-electron chi connectivity index (χ1n) is 5.88. The molecule has 0 unspecified atom stereocenters. The smallest absolute Gasteiger partial charge is 0.408 e. The van der Waals surface area contributed by atoms with Gasteiger partial charge in [0.15, 0.2) is 5.58 Å². The van der Waals surface area contributed by atoms with Gasteiger partial charge in [0.2, 0.25) is 0 Å². The molecule has 3 rings (SSSR count). The van der Waals surface area contributed by atoms with E-state index in [2.05, 4.69) is 15.9 Å². The van der Waals surface area contributed by atoms with Crippen LogP contribution in [0.4, 0.5) is 0 Å². The highest BCUT2D eigenvalue weighted by Gasteiger charge is 2.37. The maximum atomic E-state index is 11.9. The topological polar surface area (TPSA) is 35.1 Å². The van der Waals surface area contributed by atoms with Gasteiger partial charge in [0.05, 0.1) is 5.52 Å². The van der Waals surface area contributed by atoms with Gasteiger partial charge in [-0.1, -0.05) is 34.5 Å². The number of para-hydroxylation sites is 2. The van der Waals surface area contributed by atoms with Crippen molar-refractivity contribution in [2.45, 2.75) is 25.8 Å². The van der Waals surface area contributed by atoms with Crippen molar-refractivity contribution >= 4 is 27.0 Å². The lowest BCUT2D eigenvalue weighted by Gasteiger charge is -2.40. The molecule has 1 heterocycles. The molecule has 1 aliphatic carbocycles. The molecule has 1 saturated carbocycles. The second kappa shape index (κ2) is 4.02. The van der Waals surface area contributed by atoms with E-state index in [1.807, 2.05) is 24.3 Å². The first-order chi connectivity index (χ1) is 8.24. The average Bonchev–Trinajstić information content (AvgIpc) is 2.60. The number of hydrogen-bond donors (Lipinski definition) is 0. The molecular weight excluding hydrogens is 282 g/mol. The van der Waals surface area contributed by atoms with E-state index < -0.39 is 0 Å². The minimum Gasteiger partial charge on any atom is -0.408 e. The highest BCUT2D eigenvalue weighted by molar-refractivity contribution is 9.09. The summed E-state index contributed by atoms with van der Waals surface area (Å²) in [6.45, 7) is 0.758. The van der Waals surface area contributed by atoms with Crippen molar-refractivity contribution in [3.05, 3.63) is 34.8 Å². The molecular formula is C13H14BrNO2. The molecule has 1 aromatic carbocycles. The summed E-state index contributed by atoms with van der Waals surface area (Å²) in [6.07, 6.45) is 3.63. The summed E-state index contributed by atoms with van der Waals surface area (Å²) in [5.41, 5.74) is 1.84. The number of rotatable bonds is 3. The van der Waals surface area contributed by atoms with E-state index in [4.69, 9.17) is 4.42 Å². The van der Waals surface area contributed by atoms with Crippen LogP contribution in [0.15, 0.2) is 33.5 Å². The summed E-state index contributed by atoms with van der Waals surface area (Å²) in [5.74, 6) is -0.238. The molecule has 1 aromatic heterocycles. The average molecular weight is 296 g/mol. The van der Waals surface area contributed by atoms with Crippen LogP contribution in [-0.2, 0) is 6.54 Å². The largest absolute Gasteiger partial charge is 0.419 e. The number of aromatic nitrogens is 1. The Morgan fingerprint density at radius 1 is 1.35 bits per heavy atom. The van der Waals surface area contributed by atoms with Crippen LogP contribution < -0.4 is 5.76 Å². The van der Waals surface area contributed by atoms with Crippen molar-refractivity contribution in [2.24, 2.45) is 5.41 Å². The highest BCUT2D eigenvalue weighted by Crippen LogP contribution is 2.43. The standard InChI is InChI=1S/C13H14BrNO2/c14-8-13(6-3-7-13)9-15-10-4-1-2-5-11(10)17-12(15)16/h1-2,4-5H,3,6-9H2. The molecule has 90 valence electrons. The Bertz CT molecular complexity index is 589. The van der Waals surface area contributed by atoms with Crippen molar-refractivity contribution in [1.82, 2.24) is 4.57 Å². The van der Waals surface area contributed by atoms with E-state index in [1.54, 1.807) is 4.57 Å². The Kier molecular flexibility index (Phi) is 2.62. The minimum atomic E-state index is -0.238. The molecule has 0 atom stereocenters. The van der Waals surface area contributed by atoms with Crippen molar-refractivity contribution < 1.29 is 4.42 Å². The zero-order valence-electron chi connectivity index (χ0n) is 9.49. The molecule has 3 nitrogen and oxygen atoms in total. The Labute approximate surface area is 108 Å². The summed E-state index contributed by atoms with van der Waals surface area (Å²) in [5, 5.41) is 0.950. The third-order valence-electron chi connectivity index (χ3n) is 3.76. The fourth-order valence-electron chi connectivity index (χ4n) is 2.51. The molecule has 2 aromatic rings. The van der Waals surface area contributed by atoms with Gasteiger partial charge in [-0.05, 0) is 30.4 Å². The summed E-state index contributed by atoms with van der Waals surface area (Å²) in [7, 11) is 0. The van der Waals surface area contributed by atoms with E-state index in [1.165, 1.54) is 19.3 Å². The number of benzene rings is 1. The van der Waals surface area contributed by atoms with Crippen LogP contribution in [0.25, 0.3) is 11.1 Å². The van der Waals surface area contributed by atoms with Crippen LogP contribution in [-0.4, -0.2) is 9.90 Å². The van der Waals surface area contributed by atoms with Crippen LogP contribution >= 0.6 is 15.9 Å². The van der Waals surface area contributed by atoms with Crippen molar-refractivity contribution in [3.63, 3.8) is 0 Å². The van der Waals surface area contributed by atoms with Crippen LogP contribution in [0.3, 0.4) is 0 Å². The molecule has 0 spiro atoms. The van der Waals surface area contributed by atoms with Crippen LogP contribution in [0.2, 0.25) is 0 Å². The summed E-state index contributed by atoms with van der Waals surface area (Å²) >= 11 is 3.57. The first-order valence-corrected chi connectivity index (χ1v) is 7.01. The fraction of sp³-hybridized carbons (Fsp3) is 0.462. The fourth-order valence-corrected chi connectivity index (χ4v) is 3.25. The molecule has 0 N–H and O–H groups in total. The van der Waals surface area contributed by atoms with Crippen LogP contribution in [0.5, 0.6) is 0 Å². The Hall–Kier alpha value is -1.03. The predicted octanol–water partition coefficient (Wildman–Crippen LogP) is 3.16. The lowest BCUT2D eigenvalue weighted by atomic mass is 9.70. The van der Waals surface area contributed by atoms with Gasteiger partial charge in [0, 0.05) is 11.9 Å². The van der Waals surface area contributed by atoms with Gasteiger partial charge in [0.1, 0.15) is 0 Å². The van der Waals surface area contributed by atoms with Crippen molar-refractivity contribution in [3.8, 4) is 0 Å². The van der Waals surface area contributed by atoms with E-state index in [0.29, 0.717) is 5.58 Å². The van der Waals surface area contributed by atoms with Crippen LogP contribution in [0, 0.1) is 5.41 Å². The third-order valence-corrected chi connectivity index (χ3v) is 4.95. The second-order valence-electron chi connectivity index (χ2n) is 4.91. The summed E-state index contributed by atoms with van der Waals surface area (Å²) in [6, 6.07) is 7.62. The molecule has 1 aliphatic rings. The van der Waals surface area contributed by atoms with E-state index >= 15 is 0 Å². The van der Waals surface area contributed by atoms with Gasteiger partial charge < -0.3 is 4.42 Å². The zero-order chi connectivity index (χ0) is 11.9. The van der Waals surface area contributed by atoms with Gasteiger partial charge >= 0.3 is 5.76 Å². The molecule has 17 heavy (non-hydrogen) atoms. The SMILES string of the molecule is O=c1oc2ccccc2n1CC1(CBr)CCC1. The molecule has 1 fully saturated rings. The zero-order valence-corrected chi connectivity index (χ0v) is 11.1. The number of nitrogens with zero attached hydrogens (tertiary/aromatic N) is 1. The number of hydrogen-bond acceptors (Lipinski definition) is 2. The van der Waals surface area contributed by atoms with Gasteiger partial charge in [-0.25, -0.2) is 4.79 Å². The lowest BCUT2D eigenvalue weighted by molar-refractivity contribution is 0.138. The predicted molar refractivity (Wildman–Crippen MR) is 70.6 cm³/mol. The Morgan fingerprint density at radius 3 is 2.76 bits per heavy atom. The molecule has 0 saturated heterocycles. The molecule has 0 radical (unpaired) electrons. The van der Waals surface area contributed by atoms with Crippen molar-refractivity contribution in [1.29, 1.82) is 0 Å². The summed E-state index contributed by atoms with van der Waals surface area (Å²) < 4.78 is 7.02. The lowest BCUT2D eigenvalue weighted by Crippen LogP contribution is -2.38. The molecule has 4 heteroatoms. The van der Waals surface area contributed by atoms with E-state index in [-0.39, 0.29) is 11.2 Å². The van der Waals surface area contributed by atoms with E-state index in [0.717, 1.165) is 17.4 Å². The Morgan fingerprint density at radius 2 is 2.12 bits per heavy atom. The van der Waals surface area contributed by atoms with Crippen molar-refractivity contribution in [2.75, 3.05) is 5.33 Å². The van der Waals surface area contributed by atoms with Gasteiger partial charge in [-0.2, -0.15) is 0 Å². The number of halogens is 1. The molecule has 0 bridgehead atoms. The van der Waals surface area contributed by atoms with Gasteiger partial charge in [0.25, 0.3) is 0 Å². The second-order valence-corrected chi connectivity index (χ2v) is 5.47. The normalized spacial score (nSPS) is 18.2. The van der Waals surface area contributed by atoms with Crippen LogP contribution in [0.1, 0.15) is 19.3 Å². The first kappa shape index (κ1) is 11.1. The maximum Gasteiger partial charge on any atom is 0.419 e. The minimum absolute atomic E-state index is 0.238. The van der Waals surface area contributed by atoms with Gasteiger partial charge in [-0.15, -0.1) is 0 Å². The van der Waals surface area contributed by atoms with E-state index in [9.17, 15) is 4.79 Å². The Balaban J connectivity index is 2.05. The monoisotopic (exact) mass is 295 g/mol. The molecule has 0 amide bonds. The number of fused-ring (bicyclic) bond motifs is 1. The quantitative estimate of drug-likeness (QED) is 0.816. The highest BCUT2D eigenvalue weighted by atomic mass is 79.9.